The summed E-state index contributed by atoms with van der Waals surface area (Å²) >= 11 is 0. The molecule has 0 unspecified atom stereocenters. The first-order chi connectivity index (χ1) is 27.0. The van der Waals surface area contributed by atoms with Crippen LogP contribution in [0.25, 0.3) is 0 Å². The SMILES string of the molecule is C=C(C)[C@@H]1CC[C@]2(C(=O)N[C@@H]3C[C@H](C(=O)N4CCCCC4)C3(C)C)CC[C@]3(C)[C@H](CC[C@@H]4[C@@]5(C)CC[C@H](OC(=O)[C@@H]6[C@H](CC(=O)O)C6(C)C)C(C)(C)[C@@H]5CC[C@]43C)[C@@H]12. The molecular weight excluding hydrogens is 725 g/mol. The monoisotopic (exact) mass is 803 g/mol. The molecule has 1 aliphatic heterocycles. The Hall–Kier alpha value is -2.38. The third kappa shape index (κ3) is 5.90. The smallest absolute Gasteiger partial charge is 0.310 e. The number of fused-ring (bicyclic) bond motifs is 7. The molecule has 0 radical (unpaired) electrons. The van der Waals surface area contributed by atoms with Crippen LogP contribution in [0.4, 0.5) is 0 Å². The van der Waals surface area contributed by atoms with Crippen LogP contribution in [0.3, 0.4) is 0 Å². The summed E-state index contributed by atoms with van der Waals surface area (Å²) in [4.78, 5) is 56.0. The number of nitrogens with zero attached hydrogens (tertiary/aromatic N) is 1. The van der Waals surface area contributed by atoms with Gasteiger partial charge in [-0.2, -0.15) is 0 Å². The average Bonchev–Trinajstić information content (AvgIpc) is 3.46. The summed E-state index contributed by atoms with van der Waals surface area (Å²) in [6.45, 7) is 29.5. The van der Waals surface area contributed by atoms with E-state index in [-0.39, 0.29) is 92.0 Å². The molecular formula is C50H78N2O6. The van der Waals surface area contributed by atoms with E-state index >= 15 is 4.79 Å². The number of likely N-dealkylation sites (tertiary alicyclic amines) is 1. The number of carbonyl (C=O) groups is 4. The molecule has 2 amide bonds. The minimum atomic E-state index is -0.848. The second-order valence-corrected chi connectivity index (χ2v) is 24.2. The summed E-state index contributed by atoms with van der Waals surface area (Å²) in [6.07, 6.45) is 14.4. The van der Waals surface area contributed by atoms with Crippen molar-refractivity contribution in [2.75, 3.05) is 13.1 Å². The molecule has 8 rings (SSSR count). The van der Waals surface area contributed by atoms with Gasteiger partial charge in [0.25, 0.3) is 0 Å². The maximum atomic E-state index is 15.0. The highest BCUT2D eigenvalue weighted by Crippen LogP contribution is 2.78. The summed E-state index contributed by atoms with van der Waals surface area (Å²) in [5.41, 5.74) is 0.411. The van der Waals surface area contributed by atoms with Gasteiger partial charge < -0.3 is 20.1 Å². The van der Waals surface area contributed by atoms with Gasteiger partial charge in [0.15, 0.2) is 0 Å². The zero-order valence-corrected chi connectivity index (χ0v) is 37.9. The van der Waals surface area contributed by atoms with Crippen LogP contribution in [0, 0.1) is 85.2 Å². The normalized spacial score (nSPS) is 46.8. The predicted octanol–water partition coefficient (Wildman–Crippen LogP) is 9.85. The molecule has 8 heteroatoms. The molecule has 8 nitrogen and oxygen atoms in total. The van der Waals surface area contributed by atoms with Crippen LogP contribution in [-0.2, 0) is 23.9 Å². The topological polar surface area (TPSA) is 113 Å². The number of aliphatic carboxylic acids is 1. The van der Waals surface area contributed by atoms with Gasteiger partial charge in [-0.3, -0.25) is 19.2 Å². The summed E-state index contributed by atoms with van der Waals surface area (Å²) in [5.74, 6) is 1.03. The molecule has 0 aromatic rings. The van der Waals surface area contributed by atoms with E-state index in [1.807, 2.05) is 13.8 Å². The van der Waals surface area contributed by atoms with Crippen LogP contribution in [-0.4, -0.2) is 59.0 Å². The maximum Gasteiger partial charge on any atom is 0.310 e. The molecule has 1 saturated heterocycles. The fourth-order valence-electron chi connectivity index (χ4n) is 16.9. The maximum absolute atomic E-state index is 15.0. The molecule has 2 N–H and O–H groups in total. The zero-order chi connectivity index (χ0) is 42.2. The minimum Gasteiger partial charge on any atom is -0.481 e. The van der Waals surface area contributed by atoms with Gasteiger partial charge in [-0.05, 0) is 159 Å². The summed E-state index contributed by atoms with van der Waals surface area (Å²) in [7, 11) is 0. The summed E-state index contributed by atoms with van der Waals surface area (Å²) < 4.78 is 6.45. The number of hydrogen-bond donors (Lipinski definition) is 2. The molecule has 7 aliphatic carbocycles. The van der Waals surface area contributed by atoms with E-state index in [0.717, 1.165) is 90.1 Å². The Morgan fingerprint density at radius 2 is 1.45 bits per heavy atom. The van der Waals surface area contributed by atoms with Crippen molar-refractivity contribution in [2.45, 2.75) is 178 Å². The second kappa shape index (κ2) is 13.8. The van der Waals surface area contributed by atoms with Crippen molar-refractivity contribution in [1.82, 2.24) is 10.2 Å². The first kappa shape index (κ1) is 42.3. The van der Waals surface area contributed by atoms with E-state index < -0.39 is 5.97 Å². The van der Waals surface area contributed by atoms with Gasteiger partial charge in [-0.15, -0.1) is 0 Å². The Balaban J connectivity index is 1.00. The molecule has 0 bridgehead atoms. The Kier molecular flexibility index (Phi) is 10.1. The lowest BCUT2D eigenvalue weighted by Crippen LogP contribution is -2.68. The molecule has 7 saturated carbocycles. The van der Waals surface area contributed by atoms with E-state index in [4.69, 9.17) is 4.74 Å². The molecule has 14 atom stereocenters. The molecule has 58 heavy (non-hydrogen) atoms. The number of carbonyl (C=O) groups excluding carboxylic acids is 3. The van der Waals surface area contributed by atoms with E-state index in [9.17, 15) is 19.5 Å². The lowest BCUT2D eigenvalue weighted by molar-refractivity contribution is -0.249. The van der Waals surface area contributed by atoms with E-state index in [2.05, 4.69) is 72.2 Å². The van der Waals surface area contributed by atoms with Crippen LogP contribution in [0.5, 0.6) is 0 Å². The quantitative estimate of drug-likeness (QED) is 0.187. The number of piperidine rings is 1. The van der Waals surface area contributed by atoms with Gasteiger partial charge in [0.05, 0.1) is 11.3 Å². The van der Waals surface area contributed by atoms with Crippen molar-refractivity contribution in [3.63, 3.8) is 0 Å². The third-order valence-electron chi connectivity index (χ3n) is 21.0. The highest BCUT2D eigenvalue weighted by atomic mass is 16.5. The van der Waals surface area contributed by atoms with Crippen LogP contribution < -0.4 is 5.32 Å². The van der Waals surface area contributed by atoms with Gasteiger partial charge in [0, 0.05) is 36.9 Å². The molecule has 0 aromatic heterocycles. The largest absolute Gasteiger partial charge is 0.481 e. The number of carboxylic acids is 1. The standard InChI is InChI=1S/C50H78N2O6/c1-29(2)30-17-22-50(43(57)51-36-27-33(44(36,3)4)41(55)52-25-13-12-14-26-52)24-23-48(10)31(39(30)50)15-16-35-47(9)20-19-37(46(7,8)34(47)18-21-49(35,48)11)58-42(56)40-32(28-38(53)54)45(40,5)6/h30-37,39-40H,1,12-28H2,2-11H3,(H,51,57)(H,53,54)/t30-,31+,32-,33+,34-,35+,36+,37-,39+,40-,47-,48+,49+,50-/m0/s1. The minimum absolute atomic E-state index is 0.0154. The second-order valence-electron chi connectivity index (χ2n) is 24.2. The van der Waals surface area contributed by atoms with E-state index in [1.54, 1.807) is 0 Å². The van der Waals surface area contributed by atoms with Crippen LogP contribution in [0.2, 0.25) is 0 Å². The van der Waals surface area contributed by atoms with Crippen molar-refractivity contribution in [3.8, 4) is 0 Å². The Labute approximate surface area is 350 Å². The Bertz CT molecular complexity index is 1730. The molecule has 324 valence electrons. The van der Waals surface area contributed by atoms with Crippen LogP contribution in [0.15, 0.2) is 12.2 Å². The molecule has 1 heterocycles. The Morgan fingerprint density at radius 3 is 2.09 bits per heavy atom. The van der Waals surface area contributed by atoms with Gasteiger partial charge in [-0.25, -0.2) is 0 Å². The molecule has 8 fully saturated rings. The molecule has 0 aromatic carbocycles. The van der Waals surface area contributed by atoms with Gasteiger partial charge >= 0.3 is 11.9 Å². The first-order valence-electron chi connectivity index (χ1n) is 23.7. The predicted molar refractivity (Wildman–Crippen MR) is 226 cm³/mol. The average molecular weight is 803 g/mol. The molecule has 8 aliphatic rings. The van der Waals surface area contributed by atoms with Gasteiger partial charge in [0.2, 0.25) is 11.8 Å². The van der Waals surface area contributed by atoms with E-state index in [0.29, 0.717) is 29.6 Å². The van der Waals surface area contributed by atoms with Crippen molar-refractivity contribution in [1.29, 1.82) is 0 Å². The van der Waals surface area contributed by atoms with Crippen LogP contribution in [0.1, 0.15) is 166 Å². The zero-order valence-electron chi connectivity index (χ0n) is 37.9. The number of nitrogens with one attached hydrogen (secondary N) is 1. The molecule has 0 spiro atoms. The third-order valence-corrected chi connectivity index (χ3v) is 21.0. The number of esters is 1. The fraction of sp³-hybridized carbons (Fsp3) is 0.880. The summed E-state index contributed by atoms with van der Waals surface area (Å²) in [6, 6.07) is 0.0223. The van der Waals surface area contributed by atoms with Gasteiger partial charge in [0.1, 0.15) is 6.10 Å². The summed E-state index contributed by atoms with van der Waals surface area (Å²) in [5, 5.41) is 13.1. The van der Waals surface area contributed by atoms with Crippen molar-refractivity contribution < 1.29 is 29.0 Å². The van der Waals surface area contributed by atoms with Crippen molar-refractivity contribution >= 4 is 23.8 Å². The highest BCUT2D eigenvalue weighted by molar-refractivity contribution is 5.86. The number of amides is 2. The number of hydrogen-bond acceptors (Lipinski definition) is 5. The van der Waals surface area contributed by atoms with Gasteiger partial charge in [-0.1, -0.05) is 74.5 Å². The van der Waals surface area contributed by atoms with Crippen molar-refractivity contribution in [3.05, 3.63) is 12.2 Å². The lowest BCUT2D eigenvalue weighted by Gasteiger charge is -2.73. The number of allylic oxidation sites excluding steroid dienone is 1. The first-order valence-corrected chi connectivity index (χ1v) is 23.7. The fourth-order valence-corrected chi connectivity index (χ4v) is 16.9. The van der Waals surface area contributed by atoms with Crippen molar-refractivity contribution in [2.24, 2.45) is 85.2 Å². The number of carboxylic acid groups (broad SMARTS) is 1. The number of ether oxygens (including phenoxy) is 1. The number of rotatable bonds is 8. The van der Waals surface area contributed by atoms with E-state index in [1.165, 1.54) is 18.4 Å². The van der Waals surface area contributed by atoms with Crippen LogP contribution >= 0.6 is 0 Å². The Morgan fingerprint density at radius 1 is 0.759 bits per heavy atom. The lowest BCUT2D eigenvalue weighted by atomic mass is 9.32. The highest BCUT2D eigenvalue weighted by Gasteiger charge is 2.73.